The van der Waals surface area contributed by atoms with E-state index in [9.17, 15) is 9.59 Å². The second-order valence-corrected chi connectivity index (χ2v) is 4.71. The molecule has 0 radical (unpaired) electrons. The van der Waals surface area contributed by atoms with E-state index in [1.807, 2.05) is 0 Å². The Balaban J connectivity index is 2.29. The maximum atomic E-state index is 12.4. The van der Waals surface area contributed by atoms with Crippen molar-refractivity contribution in [3.63, 3.8) is 0 Å². The van der Waals surface area contributed by atoms with Crippen LogP contribution < -0.4 is 0 Å². The number of rotatable bonds is 4. The number of carbonyl (C=O) groups is 2. The fourth-order valence-electron chi connectivity index (χ4n) is 1.80. The van der Waals surface area contributed by atoms with Gasteiger partial charge in [0.2, 0.25) is 0 Å². The molecule has 0 N–H and O–H groups in total. The lowest BCUT2D eigenvalue weighted by molar-refractivity contribution is -0.142. The second-order valence-electron chi connectivity index (χ2n) is 4.27. The molecular formula is C16H13ClO3. The van der Waals surface area contributed by atoms with Crippen LogP contribution in [-0.2, 0) is 16.1 Å². The molecule has 0 amide bonds. The topological polar surface area (TPSA) is 43.4 Å². The van der Waals surface area contributed by atoms with Crippen molar-refractivity contribution in [1.29, 1.82) is 0 Å². The van der Waals surface area contributed by atoms with Crippen LogP contribution >= 0.6 is 11.6 Å². The summed E-state index contributed by atoms with van der Waals surface area (Å²) in [7, 11) is 0. The molecule has 0 bridgehead atoms. The van der Waals surface area contributed by atoms with Gasteiger partial charge in [0.1, 0.15) is 6.61 Å². The molecule has 3 nitrogen and oxygen atoms in total. The molecule has 2 aromatic rings. The summed E-state index contributed by atoms with van der Waals surface area (Å²) in [6.07, 6.45) is 0. The van der Waals surface area contributed by atoms with Gasteiger partial charge in [0, 0.05) is 28.6 Å². The third-order valence-corrected chi connectivity index (χ3v) is 3.05. The molecule has 0 atom stereocenters. The predicted molar refractivity (Wildman–Crippen MR) is 76.8 cm³/mol. The van der Waals surface area contributed by atoms with Crippen molar-refractivity contribution in [3.8, 4) is 0 Å². The van der Waals surface area contributed by atoms with Crippen LogP contribution in [0.15, 0.2) is 48.5 Å². The molecule has 0 saturated heterocycles. The van der Waals surface area contributed by atoms with E-state index in [0.717, 1.165) is 0 Å². The molecular weight excluding hydrogens is 276 g/mol. The summed E-state index contributed by atoms with van der Waals surface area (Å²) in [5.74, 6) is -0.497. The van der Waals surface area contributed by atoms with Gasteiger partial charge in [-0.05, 0) is 24.3 Å². The molecule has 0 aliphatic rings. The number of hydrogen-bond acceptors (Lipinski definition) is 3. The van der Waals surface area contributed by atoms with Crippen LogP contribution in [-0.4, -0.2) is 11.8 Å². The van der Waals surface area contributed by atoms with Crippen molar-refractivity contribution in [3.05, 3.63) is 70.2 Å². The van der Waals surface area contributed by atoms with Gasteiger partial charge in [-0.15, -0.1) is 0 Å². The molecule has 0 aliphatic carbocycles. The predicted octanol–water partition coefficient (Wildman–Crippen LogP) is 3.63. The number of benzene rings is 2. The fourth-order valence-corrected chi connectivity index (χ4v) is 1.93. The lowest BCUT2D eigenvalue weighted by atomic mass is 9.99. The van der Waals surface area contributed by atoms with Crippen molar-refractivity contribution in [2.75, 3.05) is 0 Å². The Bertz CT molecular complexity index is 632. The van der Waals surface area contributed by atoms with E-state index in [0.29, 0.717) is 21.7 Å². The quantitative estimate of drug-likeness (QED) is 0.637. The number of ketones is 1. The monoisotopic (exact) mass is 288 g/mol. The van der Waals surface area contributed by atoms with Crippen molar-refractivity contribution in [2.45, 2.75) is 13.5 Å². The van der Waals surface area contributed by atoms with E-state index < -0.39 is 0 Å². The summed E-state index contributed by atoms with van der Waals surface area (Å²) in [5, 5.41) is 0.578. The van der Waals surface area contributed by atoms with Gasteiger partial charge in [-0.25, -0.2) is 0 Å². The van der Waals surface area contributed by atoms with Crippen LogP contribution in [0.1, 0.15) is 28.4 Å². The van der Waals surface area contributed by atoms with Gasteiger partial charge < -0.3 is 4.74 Å². The minimum atomic E-state index is -0.376. The maximum absolute atomic E-state index is 12.4. The van der Waals surface area contributed by atoms with Crippen molar-refractivity contribution in [2.24, 2.45) is 0 Å². The summed E-state index contributed by atoms with van der Waals surface area (Å²) in [5.41, 5.74) is 1.75. The van der Waals surface area contributed by atoms with Crippen LogP contribution in [0.25, 0.3) is 0 Å². The molecule has 102 valence electrons. The minimum absolute atomic E-state index is 0.0881. The summed E-state index contributed by atoms with van der Waals surface area (Å²) in [6.45, 7) is 1.43. The molecule has 0 spiro atoms. The Morgan fingerprint density at radius 2 is 1.70 bits per heavy atom. The van der Waals surface area contributed by atoms with Crippen LogP contribution in [0, 0.1) is 0 Å². The van der Waals surface area contributed by atoms with Crippen molar-refractivity contribution < 1.29 is 14.3 Å². The third kappa shape index (κ3) is 3.45. The summed E-state index contributed by atoms with van der Waals surface area (Å²) in [4.78, 5) is 23.3. The van der Waals surface area contributed by atoms with E-state index in [2.05, 4.69) is 0 Å². The first kappa shape index (κ1) is 14.3. The number of hydrogen-bond donors (Lipinski definition) is 0. The van der Waals surface area contributed by atoms with Crippen molar-refractivity contribution in [1.82, 2.24) is 0 Å². The normalized spacial score (nSPS) is 10.1. The standard InChI is InChI=1S/C16H13ClO3/c1-11(18)20-10-13-4-2-3-5-15(13)16(19)12-6-8-14(17)9-7-12/h2-9H,10H2,1H3. The molecule has 4 heteroatoms. The largest absolute Gasteiger partial charge is 0.461 e. The zero-order valence-electron chi connectivity index (χ0n) is 10.9. The number of carbonyl (C=O) groups excluding carboxylic acids is 2. The van der Waals surface area contributed by atoms with Gasteiger partial charge in [0.25, 0.3) is 0 Å². The lowest BCUT2D eigenvalue weighted by Crippen LogP contribution is -2.08. The highest BCUT2D eigenvalue weighted by Gasteiger charge is 2.13. The SMILES string of the molecule is CC(=O)OCc1ccccc1C(=O)c1ccc(Cl)cc1. The van der Waals surface area contributed by atoms with Crippen LogP contribution in [0.2, 0.25) is 5.02 Å². The third-order valence-electron chi connectivity index (χ3n) is 2.80. The molecule has 0 unspecified atom stereocenters. The highest BCUT2D eigenvalue weighted by Crippen LogP contribution is 2.17. The Kier molecular flexibility index (Phi) is 4.53. The van der Waals surface area contributed by atoms with E-state index in [1.165, 1.54) is 6.92 Å². The van der Waals surface area contributed by atoms with Gasteiger partial charge in [0.05, 0.1) is 0 Å². The van der Waals surface area contributed by atoms with E-state index >= 15 is 0 Å². The van der Waals surface area contributed by atoms with Gasteiger partial charge >= 0.3 is 5.97 Å². The van der Waals surface area contributed by atoms with E-state index in [-0.39, 0.29) is 18.4 Å². The lowest BCUT2D eigenvalue weighted by Gasteiger charge is -2.08. The first-order valence-electron chi connectivity index (χ1n) is 6.09. The van der Waals surface area contributed by atoms with Crippen LogP contribution in [0.3, 0.4) is 0 Å². The molecule has 2 aromatic carbocycles. The number of ether oxygens (including phenoxy) is 1. The average molecular weight is 289 g/mol. The summed E-state index contributed by atoms with van der Waals surface area (Å²) >= 11 is 5.81. The van der Waals surface area contributed by atoms with Crippen LogP contribution in [0.4, 0.5) is 0 Å². The van der Waals surface area contributed by atoms with Gasteiger partial charge in [-0.2, -0.15) is 0 Å². The van der Waals surface area contributed by atoms with E-state index in [1.54, 1.807) is 48.5 Å². The molecule has 0 saturated carbocycles. The molecule has 0 aliphatic heterocycles. The minimum Gasteiger partial charge on any atom is -0.461 e. The summed E-state index contributed by atoms with van der Waals surface area (Å²) < 4.78 is 4.96. The maximum Gasteiger partial charge on any atom is 0.302 e. The first-order chi connectivity index (χ1) is 9.58. The molecule has 2 rings (SSSR count). The van der Waals surface area contributed by atoms with Crippen molar-refractivity contribution >= 4 is 23.4 Å². The number of halogens is 1. The second kappa shape index (κ2) is 6.35. The number of esters is 1. The Hall–Kier alpha value is -2.13. The van der Waals surface area contributed by atoms with E-state index in [4.69, 9.17) is 16.3 Å². The molecule has 0 aromatic heterocycles. The molecule has 0 fully saturated rings. The Morgan fingerprint density at radius 1 is 1.05 bits per heavy atom. The zero-order chi connectivity index (χ0) is 14.5. The van der Waals surface area contributed by atoms with Gasteiger partial charge in [-0.3, -0.25) is 9.59 Å². The van der Waals surface area contributed by atoms with Crippen LogP contribution in [0.5, 0.6) is 0 Å². The molecule has 0 heterocycles. The fraction of sp³-hybridized carbons (Fsp3) is 0.125. The molecule has 20 heavy (non-hydrogen) atoms. The average Bonchev–Trinajstić information content (AvgIpc) is 2.45. The smallest absolute Gasteiger partial charge is 0.302 e. The highest BCUT2D eigenvalue weighted by molar-refractivity contribution is 6.30. The Morgan fingerprint density at radius 3 is 2.35 bits per heavy atom. The van der Waals surface area contributed by atoms with Gasteiger partial charge in [-0.1, -0.05) is 35.9 Å². The first-order valence-corrected chi connectivity index (χ1v) is 6.47. The Labute approximate surface area is 122 Å². The zero-order valence-corrected chi connectivity index (χ0v) is 11.7. The summed E-state index contributed by atoms with van der Waals surface area (Å²) in [6, 6.07) is 13.8. The highest BCUT2D eigenvalue weighted by atomic mass is 35.5. The van der Waals surface area contributed by atoms with Gasteiger partial charge in [0.15, 0.2) is 5.78 Å².